The Hall–Kier alpha value is -2.92. The highest BCUT2D eigenvalue weighted by Crippen LogP contribution is 2.23. The highest BCUT2D eigenvalue weighted by molar-refractivity contribution is 6.31. The predicted molar refractivity (Wildman–Crippen MR) is 109 cm³/mol. The Balaban J connectivity index is 1.61. The molecule has 0 aliphatic carbocycles. The molecule has 4 rings (SSSR count). The fourth-order valence-electron chi connectivity index (χ4n) is 3.25. The summed E-state index contributed by atoms with van der Waals surface area (Å²) in [5.41, 5.74) is 5.50. The molecular formula is C22H20ClN3O2. The number of carbonyl (C=O) groups is 1. The summed E-state index contributed by atoms with van der Waals surface area (Å²) in [6.45, 7) is 5.77. The maximum absolute atomic E-state index is 12.9. The maximum atomic E-state index is 12.9. The quantitative estimate of drug-likeness (QED) is 0.433. The van der Waals surface area contributed by atoms with Crippen molar-refractivity contribution >= 4 is 28.5 Å². The second-order valence-electron chi connectivity index (χ2n) is 6.81. The summed E-state index contributed by atoms with van der Waals surface area (Å²) in [7, 11) is 0. The van der Waals surface area contributed by atoms with Crippen LogP contribution in [0.4, 0.5) is 0 Å². The van der Waals surface area contributed by atoms with Crippen LogP contribution in [0.25, 0.3) is 16.8 Å². The van der Waals surface area contributed by atoms with Gasteiger partial charge in [0.1, 0.15) is 5.52 Å². The van der Waals surface area contributed by atoms with E-state index in [1.807, 2.05) is 63.2 Å². The molecule has 0 aliphatic rings. The first-order chi connectivity index (χ1) is 13.5. The zero-order valence-electron chi connectivity index (χ0n) is 16.0. The topological polar surface area (TPSA) is 60.9 Å². The largest absolute Gasteiger partial charge is 0.441 e. The highest BCUT2D eigenvalue weighted by atomic mass is 35.5. The van der Waals surface area contributed by atoms with E-state index in [2.05, 4.69) is 10.1 Å². The van der Waals surface area contributed by atoms with Crippen LogP contribution in [-0.2, 0) is 12.8 Å². The SMILES string of the molecule is CCc1nc2ccc(CC(=O)c3cccc(-n4nc(C)c(Cl)c4C)c3)cc2o1. The van der Waals surface area contributed by atoms with Gasteiger partial charge in [0, 0.05) is 18.4 Å². The molecule has 2 heterocycles. The van der Waals surface area contributed by atoms with Crippen molar-refractivity contribution in [1.82, 2.24) is 14.8 Å². The number of hydrogen-bond donors (Lipinski definition) is 0. The molecule has 0 fully saturated rings. The number of fused-ring (bicyclic) bond motifs is 1. The minimum Gasteiger partial charge on any atom is -0.441 e. The molecule has 28 heavy (non-hydrogen) atoms. The Bertz CT molecular complexity index is 1190. The number of carbonyl (C=O) groups excluding carboxylic acids is 1. The molecule has 5 nitrogen and oxygen atoms in total. The van der Waals surface area contributed by atoms with Gasteiger partial charge in [-0.25, -0.2) is 9.67 Å². The predicted octanol–water partition coefficient (Wildman–Crippen LogP) is 5.27. The average Bonchev–Trinajstić information content (AvgIpc) is 3.23. The normalized spacial score (nSPS) is 11.3. The molecule has 0 unspecified atom stereocenters. The summed E-state index contributed by atoms with van der Waals surface area (Å²) in [5.74, 6) is 0.735. The molecule has 0 saturated carbocycles. The van der Waals surface area contributed by atoms with Crippen molar-refractivity contribution in [3.8, 4) is 5.69 Å². The number of hydrogen-bond acceptors (Lipinski definition) is 4. The average molecular weight is 394 g/mol. The monoisotopic (exact) mass is 393 g/mol. The van der Waals surface area contributed by atoms with E-state index in [0.717, 1.165) is 34.6 Å². The number of ketones is 1. The van der Waals surface area contributed by atoms with Crippen molar-refractivity contribution in [2.75, 3.05) is 0 Å². The van der Waals surface area contributed by atoms with Gasteiger partial charge in [0.2, 0.25) is 0 Å². The van der Waals surface area contributed by atoms with E-state index in [1.165, 1.54) is 0 Å². The van der Waals surface area contributed by atoms with E-state index in [4.69, 9.17) is 16.0 Å². The van der Waals surface area contributed by atoms with Gasteiger partial charge in [-0.3, -0.25) is 4.79 Å². The summed E-state index contributed by atoms with van der Waals surface area (Å²) < 4.78 is 7.47. The van der Waals surface area contributed by atoms with E-state index in [9.17, 15) is 4.79 Å². The summed E-state index contributed by atoms with van der Waals surface area (Å²) in [6.07, 6.45) is 1.03. The molecule has 0 N–H and O–H groups in total. The lowest BCUT2D eigenvalue weighted by molar-refractivity contribution is 0.0993. The number of oxazole rings is 1. The lowest BCUT2D eigenvalue weighted by Gasteiger charge is -2.07. The van der Waals surface area contributed by atoms with Gasteiger partial charge in [0.05, 0.1) is 22.1 Å². The van der Waals surface area contributed by atoms with Crippen LogP contribution in [0, 0.1) is 13.8 Å². The molecule has 2 aromatic carbocycles. The smallest absolute Gasteiger partial charge is 0.195 e. The van der Waals surface area contributed by atoms with E-state index < -0.39 is 0 Å². The van der Waals surface area contributed by atoms with Crippen LogP contribution in [0.3, 0.4) is 0 Å². The second kappa shape index (κ2) is 7.24. The van der Waals surface area contributed by atoms with Gasteiger partial charge in [0.15, 0.2) is 17.3 Å². The van der Waals surface area contributed by atoms with Gasteiger partial charge in [-0.05, 0) is 43.7 Å². The first-order valence-corrected chi connectivity index (χ1v) is 9.57. The zero-order valence-corrected chi connectivity index (χ0v) is 16.7. The Morgan fingerprint density at radius 1 is 1.18 bits per heavy atom. The van der Waals surface area contributed by atoms with Crippen molar-refractivity contribution in [2.45, 2.75) is 33.6 Å². The zero-order chi connectivity index (χ0) is 19.8. The molecule has 6 heteroatoms. The van der Waals surface area contributed by atoms with Gasteiger partial charge in [-0.2, -0.15) is 5.10 Å². The van der Waals surface area contributed by atoms with Crippen LogP contribution in [0.15, 0.2) is 46.9 Å². The van der Waals surface area contributed by atoms with Crippen molar-refractivity contribution in [2.24, 2.45) is 0 Å². The van der Waals surface area contributed by atoms with Gasteiger partial charge in [-0.15, -0.1) is 0 Å². The van der Waals surface area contributed by atoms with Crippen molar-refractivity contribution in [1.29, 1.82) is 0 Å². The molecule has 2 aromatic heterocycles. The molecule has 0 amide bonds. The van der Waals surface area contributed by atoms with Crippen molar-refractivity contribution in [3.63, 3.8) is 0 Å². The first-order valence-electron chi connectivity index (χ1n) is 9.20. The summed E-state index contributed by atoms with van der Waals surface area (Å²) in [5, 5.41) is 5.11. The molecule has 142 valence electrons. The Morgan fingerprint density at radius 3 is 2.71 bits per heavy atom. The molecule has 0 bridgehead atoms. The van der Waals surface area contributed by atoms with Crippen molar-refractivity contribution < 1.29 is 9.21 Å². The highest BCUT2D eigenvalue weighted by Gasteiger charge is 2.14. The van der Waals surface area contributed by atoms with Crippen LogP contribution in [0.5, 0.6) is 0 Å². The van der Waals surface area contributed by atoms with Crippen LogP contribution >= 0.6 is 11.6 Å². The lowest BCUT2D eigenvalue weighted by Crippen LogP contribution is -2.06. The van der Waals surface area contributed by atoms with Crippen molar-refractivity contribution in [3.05, 3.63) is 75.9 Å². The summed E-state index contributed by atoms with van der Waals surface area (Å²) in [6, 6.07) is 13.2. The molecule has 0 atom stereocenters. The van der Waals surface area contributed by atoms with Crippen LogP contribution in [-0.4, -0.2) is 20.5 Å². The molecule has 4 aromatic rings. The number of halogens is 1. The Labute approximate surface area is 168 Å². The van der Waals surface area contributed by atoms with Crippen LogP contribution in [0.1, 0.15) is 40.1 Å². The third kappa shape index (κ3) is 3.34. The molecule has 0 saturated heterocycles. The lowest BCUT2D eigenvalue weighted by atomic mass is 10.0. The third-order valence-electron chi connectivity index (χ3n) is 4.78. The molecule has 0 aliphatic heterocycles. The van der Waals surface area contributed by atoms with Gasteiger partial charge < -0.3 is 4.42 Å². The number of nitrogens with zero attached hydrogens (tertiary/aromatic N) is 3. The fraction of sp³-hybridized carbons (Fsp3) is 0.227. The van der Waals surface area contributed by atoms with E-state index >= 15 is 0 Å². The molecule has 0 spiro atoms. The number of benzene rings is 2. The van der Waals surface area contributed by atoms with E-state index in [1.54, 1.807) is 4.68 Å². The summed E-state index contributed by atoms with van der Waals surface area (Å²) in [4.78, 5) is 17.3. The Morgan fingerprint density at radius 2 is 2.00 bits per heavy atom. The molecular weight excluding hydrogens is 374 g/mol. The fourth-order valence-corrected chi connectivity index (χ4v) is 3.37. The number of rotatable bonds is 5. The van der Waals surface area contributed by atoms with Crippen LogP contribution in [0.2, 0.25) is 5.02 Å². The second-order valence-corrected chi connectivity index (χ2v) is 7.19. The third-order valence-corrected chi connectivity index (χ3v) is 5.33. The summed E-state index contributed by atoms with van der Waals surface area (Å²) >= 11 is 6.25. The first kappa shape index (κ1) is 18.4. The van der Waals surface area contributed by atoms with E-state index in [0.29, 0.717) is 28.5 Å². The number of Topliss-reactive ketones (excluding diaryl/α,β-unsaturated/α-hetero) is 1. The van der Waals surface area contributed by atoms with Gasteiger partial charge in [-0.1, -0.05) is 36.7 Å². The van der Waals surface area contributed by atoms with Gasteiger partial charge in [0.25, 0.3) is 0 Å². The maximum Gasteiger partial charge on any atom is 0.195 e. The minimum atomic E-state index is 0.0315. The molecule has 0 radical (unpaired) electrons. The minimum absolute atomic E-state index is 0.0315. The van der Waals surface area contributed by atoms with E-state index in [-0.39, 0.29) is 5.78 Å². The van der Waals surface area contributed by atoms with Crippen LogP contribution < -0.4 is 0 Å². The standard InChI is InChI=1S/C22H20ClN3O2/c1-4-21-24-18-9-8-15(11-20(18)28-21)10-19(27)16-6-5-7-17(12-16)26-14(3)22(23)13(2)25-26/h5-9,11-12H,4,10H2,1-3H3. The van der Waals surface area contributed by atoms with Gasteiger partial charge >= 0.3 is 0 Å². The Kier molecular flexibility index (Phi) is 4.77. The number of aryl methyl sites for hydroxylation is 2. The number of aromatic nitrogens is 3.